The number of phenols is 1. The third-order valence-electron chi connectivity index (χ3n) is 1.22. The Balaban J connectivity index is 2.53. The average Bonchev–Trinajstić information content (AvgIpc) is 2.03. The first kappa shape index (κ1) is 8.93. The number of aromatic hydroxyl groups is 1. The van der Waals surface area contributed by atoms with Crippen LogP contribution in [0.5, 0.6) is 5.75 Å². The number of carbonyl (C=O) groups is 1. The highest BCUT2D eigenvalue weighted by molar-refractivity contribution is 8.00. The number of hydrogen-bond acceptors (Lipinski definition) is 3. The molecule has 0 aliphatic carbocycles. The van der Waals surface area contributed by atoms with Crippen molar-refractivity contribution in [1.82, 2.24) is 0 Å². The van der Waals surface area contributed by atoms with Crippen molar-refractivity contribution in [1.29, 1.82) is 0 Å². The van der Waals surface area contributed by atoms with E-state index in [2.05, 4.69) is 0 Å². The quantitative estimate of drug-likeness (QED) is 0.686. The van der Waals surface area contributed by atoms with Crippen molar-refractivity contribution in [2.75, 3.05) is 5.75 Å². The van der Waals surface area contributed by atoms with Crippen LogP contribution < -0.4 is 5.73 Å². The lowest BCUT2D eigenvalue weighted by Crippen LogP contribution is -2.12. The summed E-state index contributed by atoms with van der Waals surface area (Å²) in [7, 11) is 0. The number of amides is 1. The monoisotopic (exact) mass is 183 g/mol. The summed E-state index contributed by atoms with van der Waals surface area (Å²) in [6.07, 6.45) is 0. The van der Waals surface area contributed by atoms with Gasteiger partial charge in [-0.1, -0.05) is 0 Å². The minimum Gasteiger partial charge on any atom is -0.508 e. The zero-order valence-corrected chi connectivity index (χ0v) is 7.17. The van der Waals surface area contributed by atoms with Crippen LogP contribution in [0.2, 0.25) is 0 Å². The van der Waals surface area contributed by atoms with Crippen molar-refractivity contribution in [3.8, 4) is 5.75 Å². The second-order valence-corrected chi connectivity index (χ2v) is 3.30. The van der Waals surface area contributed by atoms with Gasteiger partial charge in [0.05, 0.1) is 5.75 Å². The van der Waals surface area contributed by atoms with Crippen LogP contribution in [0.25, 0.3) is 0 Å². The molecule has 0 aliphatic heterocycles. The number of nitrogens with two attached hydrogens (primary N) is 1. The predicted octanol–water partition coefficient (Wildman–Crippen LogP) is 0.970. The number of benzene rings is 1. The minimum absolute atomic E-state index is 0.221. The Hall–Kier alpha value is -1.16. The van der Waals surface area contributed by atoms with Crippen LogP contribution >= 0.6 is 11.8 Å². The summed E-state index contributed by atoms with van der Waals surface area (Å²) in [5.74, 6) is 0.150. The van der Waals surface area contributed by atoms with Gasteiger partial charge in [-0.2, -0.15) is 0 Å². The molecule has 0 aliphatic rings. The van der Waals surface area contributed by atoms with Gasteiger partial charge in [-0.15, -0.1) is 11.8 Å². The van der Waals surface area contributed by atoms with Crippen LogP contribution in [0, 0.1) is 0 Å². The molecular formula is C8H9NO2S. The van der Waals surface area contributed by atoms with E-state index in [1.165, 1.54) is 11.8 Å². The van der Waals surface area contributed by atoms with E-state index in [1.807, 2.05) is 0 Å². The summed E-state index contributed by atoms with van der Waals surface area (Å²) in [6, 6.07) is 6.62. The summed E-state index contributed by atoms with van der Waals surface area (Å²) in [6.45, 7) is 0. The van der Waals surface area contributed by atoms with Gasteiger partial charge in [0, 0.05) is 4.90 Å². The van der Waals surface area contributed by atoms with Crippen molar-refractivity contribution in [3.63, 3.8) is 0 Å². The van der Waals surface area contributed by atoms with Crippen LogP contribution in [0.3, 0.4) is 0 Å². The molecule has 0 saturated carbocycles. The molecule has 0 saturated heterocycles. The van der Waals surface area contributed by atoms with E-state index in [-0.39, 0.29) is 17.4 Å². The number of phenolic OH excluding ortho intramolecular Hbond substituents is 1. The summed E-state index contributed by atoms with van der Waals surface area (Å²) in [5, 5.41) is 8.93. The zero-order valence-electron chi connectivity index (χ0n) is 6.36. The van der Waals surface area contributed by atoms with Gasteiger partial charge in [0.25, 0.3) is 0 Å². The van der Waals surface area contributed by atoms with Gasteiger partial charge < -0.3 is 10.8 Å². The molecule has 64 valence electrons. The summed E-state index contributed by atoms with van der Waals surface area (Å²) < 4.78 is 0. The Labute approximate surface area is 74.6 Å². The number of thioether (sulfide) groups is 1. The first-order valence-corrected chi connectivity index (χ1v) is 4.37. The van der Waals surface area contributed by atoms with Gasteiger partial charge in [0.1, 0.15) is 5.75 Å². The molecular weight excluding hydrogens is 174 g/mol. The molecule has 4 heteroatoms. The molecule has 1 aromatic rings. The Morgan fingerprint density at radius 1 is 1.42 bits per heavy atom. The topological polar surface area (TPSA) is 63.3 Å². The van der Waals surface area contributed by atoms with Crippen molar-refractivity contribution in [2.24, 2.45) is 5.73 Å². The molecule has 1 amide bonds. The summed E-state index contributed by atoms with van der Waals surface area (Å²) >= 11 is 1.35. The molecule has 0 atom stereocenters. The predicted molar refractivity (Wildman–Crippen MR) is 48.0 cm³/mol. The van der Waals surface area contributed by atoms with Crippen molar-refractivity contribution < 1.29 is 9.90 Å². The maximum Gasteiger partial charge on any atom is 0.227 e. The molecule has 1 aromatic carbocycles. The van der Waals surface area contributed by atoms with Gasteiger partial charge >= 0.3 is 0 Å². The van der Waals surface area contributed by atoms with Gasteiger partial charge in [-0.3, -0.25) is 4.79 Å². The van der Waals surface area contributed by atoms with E-state index in [4.69, 9.17) is 10.8 Å². The smallest absolute Gasteiger partial charge is 0.227 e. The molecule has 0 heterocycles. The van der Waals surface area contributed by atoms with Gasteiger partial charge in [-0.05, 0) is 24.3 Å². The van der Waals surface area contributed by atoms with Crippen molar-refractivity contribution in [2.45, 2.75) is 4.90 Å². The SMILES string of the molecule is NC(=O)CSc1ccc(O)cc1. The summed E-state index contributed by atoms with van der Waals surface area (Å²) in [4.78, 5) is 11.3. The Kier molecular flexibility index (Phi) is 2.99. The normalized spacial score (nSPS) is 9.67. The van der Waals surface area contributed by atoms with E-state index >= 15 is 0 Å². The molecule has 0 bridgehead atoms. The summed E-state index contributed by atoms with van der Waals surface area (Å²) in [5.41, 5.74) is 4.96. The Bertz CT molecular complexity index is 271. The second kappa shape index (κ2) is 4.01. The van der Waals surface area contributed by atoms with E-state index in [9.17, 15) is 4.79 Å². The maximum absolute atomic E-state index is 10.4. The van der Waals surface area contributed by atoms with Crippen LogP contribution in [-0.4, -0.2) is 16.8 Å². The highest BCUT2D eigenvalue weighted by Crippen LogP contribution is 2.19. The van der Waals surface area contributed by atoms with Crippen LogP contribution in [0.4, 0.5) is 0 Å². The lowest BCUT2D eigenvalue weighted by molar-refractivity contribution is -0.115. The van der Waals surface area contributed by atoms with Crippen molar-refractivity contribution >= 4 is 17.7 Å². The molecule has 0 fully saturated rings. The highest BCUT2D eigenvalue weighted by atomic mass is 32.2. The van der Waals surface area contributed by atoms with E-state index in [1.54, 1.807) is 24.3 Å². The molecule has 0 spiro atoms. The van der Waals surface area contributed by atoms with Crippen molar-refractivity contribution in [3.05, 3.63) is 24.3 Å². The molecule has 0 unspecified atom stereocenters. The van der Waals surface area contributed by atoms with E-state index < -0.39 is 0 Å². The molecule has 3 N–H and O–H groups in total. The van der Waals surface area contributed by atoms with Crippen LogP contribution in [0.15, 0.2) is 29.2 Å². The fraction of sp³-hybridized carbons (Fsp3) is 0.125. The van der Waals surface area contributed by atoms with Gasteiger partial charge in [0.15, 0.2) is 0 Å². The maximum atomic E-state index is 10.4. The standard InChI is InChI=1S/C8H9NO2S/c9-8(11)5-12-7-3-1-6(10)2-4-7/h1-4,10H,5H2,(H2,9,11). The molecule has 3 nitrogen and oxygen atoms in total. The van der Waals surface area contributed by atoms with E-state index in [0.717, 1.165) is 4.90 Å². The number of rotatable bonds is 3. The molecule has 0 aromatic heterocycles. The lowest BCUT2D eigenvalue weighted by atomic mass is 10.3. The Morgan fingerprint density at radius 2 is 2.00 bits per heavy atom. The molecule has 12 heavy (non-hydrogen) atoms. The third-order valence-corrected chi connectivity index (χ3v) is 2.25. The van der Waals surface area contributed by atoms with Gasteiger partial charge in [0.2, 0.25) is 5.91 Å². The van der Waals surface area contributed by atoms with Gasteiger partial charge in [-0.25, -0.2) is 0 Å². The fourth-order valence-electron chi connectivity index (χ4n) is 0.697. The first-order chi connectivity index (χ1) is 5.68. The first-order valence-electron chi connectivity index (χ1n) is 3.38. The average molecular weight is 183 g/mol. The highest BCUT2D eigenvalue weighted by Gasteiger charge is 1.97. The number of hydrogen-bond donors (Lipinski definition) is 2. The van der Waals surface area contributed by atoms with E-state index in [0.29, 0.717) is 0 Å². The Morgan fingerprint density at radius 3 is 2.50 bits per heavy atom. The fourth-order valence-corrected chi connectivity index (χ4v) is 1.33. The largest absolute Gasteiger partial charge is 0.508 e. The minimum atomic E-state index is -0.340. The third kappa shape index (κ3) is 2.84. The number of primary amides is 1. The lowest BCUT2D eigenvalue weighted by Gasteiger charge is -1.97. The molecule has 1 rings (SSSR count). The van der Waals surface area contributed by atoms with Crippen LogP contribution in [0.1, 0.15) is 0 Å². The second-order valence-electron chi connectivity index (χ2n) is 2.25. The molecule has 0 radical (unpaired) electrons. The van der Waals surface area contributed by atoms with Crippen LogP contribution in [-0.2, 0) is 4.79 Å². The zero-order chi connectivity index (χ0) is 8.97. The number of carbonyl (C=O) groups excluding carboxylic acids is 1.